The summed E-state index contributed by atoms with van der Waals surface area (Å²) >= 11 is 1.36. The van der Waals surface area contributed by atoms with Gasteiger partial charge in [0.1, 0.15) is 5.01 Å². The molecular formula is C19H25N5O2S. The van der Waals surface area contributed by atoms with Crippen LogP contribution < -0.4 is 5.32 Å². The van der Waals surface area contributed by atoms with E-state index in [0.29, 0.717) is 17.2 Å². The Morgan fingerprint density at radius 3 is 2.63 bits per heavy atom. The van der Waals surface area contributed by atoms with Crippen molar-refractivity contribution in [2.24, 2.45) is 0 Å². The Morgan fingerprint density at radius 1 is 1.22 bits per heavy atom. The number of hydrogen-bond donors (Lipinski definition) is 2. The number of nitrogens with zero attached hydrogens (tertiary/aromatic N) is 4. The number of anilines is 1. The number of β-amino-alcohol motifs (C(OH)–C–C–N with tert-alkyl or cyclic N) is 1. The first-order valence-electron chi connectivity index (χ1n) is 9.43. The topological polar surface area (TPSA) is 81.6 Å². The maximum absolute atomic E-state index is 12.3. The molecule has 1 aromatic carbocycles. The van der Waals surface area contributed by atoms with E-state index in [-0.39, 0.29) is 18.1 Å². The smallest absolute Gasteiger partial charge is 0.257 e. The molecule has 4 rings (SSSR count). The molecule has 0 bridgehead atoms. The molecule has 2 fully saturated rings. The summed E-state index contributed by atoms with van der Waals surface area (Å²) in [6, 6.07) is 7.89. The third-order valence-electron chi connectivity index (χ3n) is 5.31. The molecule has 0 radical (unpaired) electrons. The summed E-state index contributed by atoms with van der Waals surface area (Å²) in [4.78, 5) is 17.0. The zero-order chi connectivity index (χ0) is 18.8. The third-order valence-corrected chi connectivity index (χ3v) is 6.07. The molecule has 1 aromatic heterocycles. The summed E-state index contributed by atoms with van der Waals surface area (Å²) in [7, 11) is 0. The number of carbonyl (C=O) groups is 1. The molecule has 0 spiro atoms. The average molecular weight is 388 g/mol. The molecule has 27 heavy (non-hydrogen) atoms. The van der Waals surface area contributed by atoms with Crippen molar-refractivity contribution in [2.75, 3.05) is 31.5 Å². The number of nitrogens with one attached hydrogen (secondary N) is 1. The van der Waals surface area contributed by atoms with Crippen LogP contribution >= 0.6 is 11.3 Å². The van der Waals surface area contributed by atoms with Crippen molar-refractivity contribution >= 4 is 22.4 Å². The number of aliphatic hydroxyl groups is 1. The van der Waals surface area contributed by atoms with Gasteiger partial charge in [-0.2, -0.15) is 0 Å². The van der Waals surface area contributed by atoms with Gasteiger partial charge in [-0.1, -0.05) is 23.5 Å². The molecule has 2 aliphatic rings. The van der Waals surface area contributed by atoms with Crippen LogP contribution in [0.5, 0.6) is 0 Å². The van der Waals surface area contributed by atoms with E-state index in [1.54, 1.807) is 0 Å². The lowest BCUT2D eigenvalue weighted by Crippen LogP contribution is -2.41. The van der Waals surface area contributed by atoms with Crippen LogP contribution in [0, 0.1) is 6.92 Å². The van der Waals surface area contributed by atoms with Gasteiger partial charge in [-0.25, -0.2) is 0 Å². The Morgan fingerprint density at radius 2 is 1.96 bits per heavy atom. The second kappa shape index (κ2) is 8.02. The summed E-state index contributed by atoms with van der Waals surface area (Å²) in [6.45, 7) is 6.46. The van der Waals surface area contributed by atoms with Crippen molar-refractivity contribution in [1.29, 1.82) is 0 Å². The molecule has 2 atom stereocenters. The molecule has 2 N–H and O–H groups in total. The SMILES string of the molecule is Cc1nnc(NC(=O)c2ccc(CN3C[C@H](O)[C@@H](N4CCCC4)C3)cc2)s1. The lowest BCUT2D eigenvalue weighted by molar-refractivity contribution is 0.0978. The summed E-state index contributed by atoms with van der Waals surface area (Å²) in [6.07, 6.45) is 2.20. The average Bonchev–Trinajstić information content (AvgIpc) is 3.38. The van der Waals surface area contributed by atoms with Gasteiger partial charge in [0.15, 0.2) is 0 Å². The molecule has 144 valence electrons. The predicted molar refractivity (Wildman–Crippen MR) is 105 cm³/mol. The highest BCUT2D eigenvalue weighted by Gasteiger charge is 2.36. The summed E-state index contributed by atoms with van der Waals surface area (Å²) < 4.78 is 0. The second-order valence-electron chi connectivity index (χ2n) is 7.35. The molecule has 2 saturated heterocycles. The van der Waals surface area contributed by atoms with E-state index in [0.717, 1.165) is 36.8 Å². The minimum atomic E-state index is -0.275. The number of hydrogen-bond acceptors (Lipinski definition) is 7. The zero-order valence-electron chi connectivity index (χ0n) is 15.5. The fraction of sp³-hybridized carbons (Fsp3) is 0.526. The van der Waals surface area contributed by atoms with Gasteiger partial charge in [-0.3, -0.25) is 19.9 Å². The van der Waals surface area contributed by atoms with E-state index in [4.69, 9.17) is 0 Å². The van der Waals surface area contributed by atoms with Crippen LogP contribution in [0.1, 0.15) is 33.8 Å². The molecule has 7 nitrogen and oxygen atoms in total. The minimum Gasteiger partial charge on any atom is -0.390 e. The van der Waals surface area contributed by atoms with Crippen LogP contribution in [0.4, 0.5) is 5.13 Å². The summed E-state index contributed by atoms with van der Waals surface area (Å²) in [5, 5.41) is 22.3. The van der Waals surface area contributed by atoms with E-state index in [9.17, 15) is 9.90 Å². The number of rotatable bonds is 5. The molecule has 0 saturated carbocycles. The van der Waals surface area contributed by atoms with Crippen LogP contribution in [-0.2, 0) is 6.54 Å². The molecule has 3 heterocycles. The van der Waals surface area contributed by atoms with Crippen LogP contribution in [0.2, 0.25) is 0 Å². The Balaban J connectivity index is 1.33. The number of aryl methyl sites for hydroxylation is 1. The van der Waals surface area contributed by atoms with Gasteiger partial charge in [0.2, 0.25) is 5.13 Å². The van der Waals surface area contributed by atoms with Gasteiger partial charge < -0.3 is 5.11 Å². The van der Waals surface area contributed by atoms with E-state index in [1.807, 2.05) is 31.2 Å². The number of amides is 1. The fourth-order valence-electron chi connectivity index (χ4n) is 3.94. The fourth-order valence-corrected chi connectivity index (χ4v) is 4.53. The monoisotopic (exact) mass is 387 g/mol. The lowest BCUT2D eigenvalue weighted by Gasteiger charge is -2.25. The Labute approximate surface area is 163 Å². The normalized spacial score (nSPS) is 23.8. The molecule has 2 aromatic rings. The van der Waals surface area contributed by atoms with Crippen LogP contribution in [0.25, 0.3) is 0 Å². The van der Waals surface area contributed by atoms with Gasteiger partial charge in [0, 0.05) is 31.2 Å². The first kappa shape index (κ1) is 18.5. The third kappa shape index (κ3) is 4.35. The van der Waals surface area contributed by atoms with Gasteiger partial charge in [-0.15, -0.1) is 10.2 Å². The largest absolute Gasteiger partial charge is 0.390 e. The first-order chi connectivity index (χ1) is 13.1. The first-order valence-corrected chi connectivity index (χ1v) is 10.2. The number of benzene rings is 1. The predicted octanol–water partition coefficient (Wildman–Crippen LogP) is 1.74. The van der Waals surface area contributed by atoms with Crippen LogP contribution in [0.15, 0.2) is 24.3 Å². The van der Waals surface area contributed by atoms with Gasteiger partial charge in [-0.05, 0) is 50.6 Å². The Bertz CT molecular complexity index is 788. The van der Waals surface area contributed by atoms with Gasteiger partial charge in [0.25, 0.3) is 5.91 Å². The molecule has 8 heteroatoms. The highest BCUT2D eigenvalue weighted by atomic mass is 32.1. The maximum Gasteiger partial charge on any atom is 0.257 e. The number of aromatic nitrogens is 2. The number of carbonyl (C=O) groups excluding carboxylic acids is 1. The highest BCUT2D eigenvalue weighted by molar-refractivity contribution is 7.15. The van der Waals surface area contributed by atoms with Crippen molar-refractivity contribution in [3.8, 4) is 0 Å². The minimum absolute atomic E-state index is 0.177. The van der Waals surface area contributed by atoms with Crippen LogP contribution in [-0.4, -0.2) is 69.3 Å². The quantitative estimate of drug-likeness (QED) is 0.813. The van der Waals surface area contributed by atoms with Crippen LogP contribution in [0.3, 0.4) is 0 Å². The standard InChI is InChI=1S/C19H25N5O2S/c1-13-21-22-19(27-13)20-18(26)15-6-4-14(5-7-15)10-23-11-16(17(25)12-23)24-8-2-3-9-24/h4-7,16-17,25H,2-3,8-12H2,1H3,(H,20,22,26)/t16-,17-/m0/s1. The van der Waals surface area contributed by atoms with Crippen molar-refractivity contribution in [1.82, 2.24) is 20.0 Å². The van der Waals surface area contributed by atoms with E-state index < -0.39 is 0 Å². The van der Waals surface area contributed by atoms with E-state index in [2.05, 4.69) is 25.3 Å². The molecule has 2 aliphatic heterocycles. The summed E-state index contributed by atoms with van der Waals surface area (Å²) in [5.74, 6) is -0.177. The highest BCUT2D eigenvalue weighted by Crippen LogP contribution is 2.22. The van der Waals surface area contributed by atoms with E-state index in [1.165, 1.54) is 24.2 Å². The summed E-state index contributed by atoms with van der Waals surface area (Å²) in [5.41, 5.74) is 1.75. The lowest BCUT2D eigenvalue weighted by atomic mass is 10.1. The van der Waals surface area contributed by atoms with Gasteiger partial charge in [0.05, 0.1) is 6.10 Å². The van der Waals surface area contributed by atoms with E-state index >= 15 is 0 Å². The molecule has 1 amide bonds. The Hall–Kier alpha value is -1.87. The number of aliphatic hydroxyl groups excluding tert-OH is 1. The van der Waals surface area contributed by atoms with Gasteiger partial charge >= 0.3 is 0 Å². The van der Waals surface area contributed by atoms with Crippen molar-refractivity contribution in [3.63, 3.8) is 0 Å². The molecular weight excluding hydrogens is 362 g/mol. The van der Waals surface area contributed by atoms with Crippen molar-refractivity contribution < 1.29 is 9.90 Å². The Kier molecular flexibility index (Phi) is 5.49. The maximum atomic E-state index is 12.3. The second-order valence-corrected chi connectivity index (χ2v) is 8.53. The van der Waals surface area contributed by atoms with Crippen molar-refractivity contribution in [2.45, 2.75) is 38.5 Å². The molecule has 0 aliphatic carbocycles. The van der Waals surface area contributed by atoms with Crippen molar-refractivity contribution in [3.05, 3.63) is 40.4 Å². The molecule has 0 unspecified atom stereocenters. The number of likely N-dealkylation sites (tertiary alicyclic amines) is 2. The zero-order valence-corrected chi connectivity index (χ0v) is 16.3.